The van der Waals surface area contributed by atoms with Crippen molar-refractivity contribution in [3.63, 3.8) is 0 Å². The van der Waals surface area contributed by atoms with Crippen molar-refractivity contribution in [1.82, 2.24) is 0 Å². The second-order valence-electron chi connectivity index (χ2n) is 4.80. The number of esters is 1. The van der Waals surface area contributed by atoms with Crippen molar-refractivity contribution in [1.29, 1.82) is 0 Å². The molecular formula is C14H17BrO3. The molecule has 0 aromatic heterocycles. The van der Waals surface area contributed by atoms with Crippen molar-refractivity contribution in [2.75, 3.05) is 7.11 Å². The standard InChI is InChI=1S/C14H17BrO3/c1-8-4-11(5-9(2)13(8)15)18-12-6-10(7-12)14(16)17-3/h4-5,10,12H,6-7H2,1-3H3/t10-,12-. The van der Waals surface area contributed by atoms with Gasteiger partial charge in [0.1, 0.15) is 11.9 Å². The Hall–Kier alpha value is -1.03. The Labute approximate surface area is 116 Å². The van der Waals surface area contributed by atoms with Crippen LogP contribution in [-0.4, -0.2) is 19.2 Å². The molecule has 1 saturated carbocycles. The van der Waals surface area contributed by atoms with Crippen LogP contribution >= 0.6 is 15.9 Å². The minimum atomic E-state index is -0.127. The summed E-state index contributed by atoms with van der Waals surface area (Å²) >= 11 is 3.53. The first-order chi connectivity index (χ1) is 8.51. The van der Waals surface area contributed by atoms with Crippen LogP contribution in [0.5, 0.6) is 5.75 Å². The quantitative estimate of drug-likeness (QED) is 0.802. The van der Waals surface area contributed by atoms with Crippen molar-refractivity contribution in [2.45, 2.75) is 32.8 Å². The van der Waals surface area contributed by atoms with Gasteiger partial charge in [0.2, 0.25) is 0 Å². The molecule has 0 amide bonds. The predicted octanol–water partition coefficient (Wildman–Crippen LogP) is 3.40. The highest BCUT2D eigenvalue weighted by Crippen LogP contribution is 2.34. The molecule has 0 bridgehead atoms. The van der Waals surface area contributed by atoms with Crippen molar-refractivity contribution < 1.29 is 14.3 Å². The number of methoxy groups -OCH3 is 1. The number of ether oxygens (including phenoxy) is 2. The van der Waals surface area contributed by atoms with Crippen LogP contribution in [-0.2, 0) is 9.53 Å². The molecular weight excluding hydrogens is 296 g/mol. The summed E-state index contributed by atoms with van der Waals surface area (Å²) in [5.74, 6) is 0.761. The van der Waals surface area contributed by atoms with Gasteiger partial charge in [0, 0.05) is 4.47 Å². The van der Waals surface area contributed by atoms with Gasteiger partial charge in [-0.05, 0) is 49.9 Å². The van der Waals surface area contributed by atoms with Gasteiger partial charge in [0.15, 0.2) is 0 Å². The number of carbonyl (C=O) groups excluding carboxylic acids is 1. The van der Waals surface area contributed by atoms with Crippen LogP contribution in [0.4, 0.5) is 0 Å². The van der Waals surface area contributed by atoms with Crippen molar-refractivity contribution in [3.8, 4) is 5.75 Å². The lowest BCUT2D eigenvalue weighted by Crippen LogP contribution is -2.38. The Balaban J connectivity index is 1.95. The molecule has 0 saturated heterocycles. The molecule has 0 heterocycles. The molecule has 1 aliphatic carbocycles. The largest absolute Gasteiger partial charge is 0.490 e. The number of carbonyl (C=O) groups is 1. The third-order valence-corrected chi connectivity index (χ3v) is 4.59. The van der Waals surface area contributed by atoms with Gasteiger partial charge in [0.05, 0.1) is 13.0 Å². The molecule has 2 rings (SSSR count). The van der Waals surface area contributed by atoms with Crippen LogP contribution in [0.1, 0.15) is 24.0 Å². The molecule has 0 N–H and O–H groups in total. The maximum Gasteiger partial charge on any atom is 0.308 e. The molecule has 0 atom stereocenters. The number of hydrogen-bond donors (Lipinski definition) is 0. The zero-order valence-corrected chi connectivity index (χ0v) is 12.4. The molecule has 1 fully saturated rings. The summed E-state index contributed by atoms with van der Waals surface area (Å²) in [5.41, 5.74) is 2.32. The summed E-state index contributed by atoms with van der Waals surface area (Å²) in [4.78, 5) is 11.3. The smallest absolute Gasteiger partial charge is 0.308 e. The fourth-order valence-corrected chi connectivity index (χ4v) is 2.42. The number of benzene rings is 1. The van der Waals surface area contributed by atoms with Gasteiger partial charge in [-0.25, -0.2) is 0 Å². The van der Waals surface area contributed by atoms with E-state index in [1.807, 2.05) is 26.0 Å². The van der Waals surface area contributed by atoms with Crippen molar-refractivity contribution in [3.05, 3.63) is 27.7 Å². The summed E-state index contributed by atoms with van der Waals surface area (Å²) < 4.78 is 11.7. The van der Waals surface area contributed by atoms with E-state index in [1.165, 1.54) is 7.11 Å². The Kier molecular flexibility index (Phi) is 3.95. The Bertz CT molecular complexity index is 441. The van der Waals surface area contributed by atoms with Crippen molar-refractivity contribution in [2.24, 2.45) is 5.92 Å². The average Bonchev–Trinajstić information content (AvgIpc) is 2.29. The third kappa shape index (κ3) is 2.69. The summed E-state index contributed by atoms with van der Waals surface area (Å²) in [5, 5.41) is 0. The molecule has 1 aliphatic rings. The van der Waals surface area contributed by atoms with Gasteiger partial charge in [-0.1, -0.05) is 15.9 Å². The van der Waals surface area contributed by atoms with E-state index in [0.717, 1.165) is 34.2 Å². The highest BCUT2D eigenvalue weighted by atomic mass is 79.9. The Morgan fingerprint density at radius 1 is 1.28 bits per heavy atom. The molecule has 0 aliphatic heterocycles. The number of halogens is 1. The highest BCUT2D eigenvalue weighted by molar-refractivity contribution is 9.10. The second kappa shape index (κ2) is 5.31. The van der Waals surface area contributed by atoms with Gasteiger partial charge in [-0.3, -0.25) is 4.79 Å². The first-order valence-corrected chi connectivity index (χ1v) is 6.81. The zero-order chi connectivity index (χ0) is 13.3. The first-order valence-electron chi connectivity index (χ1n) is 6.02. The lowest BCUT2D eigenvalue weighted by molar-refractivity contribution is -0.151. The van der Waals surface area contributed by atoms with E-state index < -0.39 is 0 Å². The van der Waals surface area contributed by atoms with E-state index in [4.69, 9.17) is 9.47 Å². The molecule has 1 aromatic rings. The van der Waals surface area contributed by atoms with Crippen LogP contribution in [0.2, 0.25) is 0 Å². The van der Waals surface area contributed by atoms with E-state index in [9.17, 15) is 4.79 Å². The zero-order valence-electron chi connectivity index (χ0n) is 10.8. The molecule has 98 valence electrons. The second-order valence-corrected chi connectivity index (χ2v) is 5.60. The maximum atomic E-state index is 11.3. The van der Waals surface area contributed by atoms with Gasteiger partial charge < -0.3 is 9.47 Å². The Morgan fingerprint density at radius 3 is 2.33 bits per heavy atom. The van der Waals surface area contributed by atoms with Crippen molar-refractivity contribution >= 4 is 21.9 Å². The monoisotopic (exact) mass is 312 g/mol. The first kappa shape index (κ1) is 13.4. The van der Waals surface area contributed by atoms with E-state index in [-0.39, 0.29) is 18.0 Å². The molecule has 4 heteroatoms. The minimum Gasteiger partial charge on any atom is -0.490 e. The van der Waals surface area contributed by atoms with Crippen LogP contribution in [0.3, 0.4) is 0 Å². The topological polar surface area (TPSA) is 35.5 Å². The lowest BCUT2D eigenvalue weighted by Gasteiger charge is -2.33. The minimum absolute atomic E-state index is 0.0117. The van der Waals surface area contributed by atoms with Gasteiger partial charge in [-0.2, -0.15) is 0 Å². The van der Waals surface area contributed by atoms with Gasteiger partial charge in [-0.15, -0.1) is 0 Å². The summed E-state index contributed by atoms with van der Waals surface area (Å²) in [7, 11) is 1.43. The fourth-order valence-electron chi connectivity index (χ4n) is 2.19. The summed E-state index contributed by atoms with van der Waals surface area (Å²) in [6, 6.07) is 4.03. The fraction of sp³-hybridized carbons (Fsp3) is 0.500. The van der Waals surface area contributed by atoms with E-state index >= 15 is 0 Å². The predicted molar refractivity (Wildman–Crippen MR) is 72.8 cm³/mol. The van der Waals surface area contributed by atoms with Gasteiger partial charge >= 0.3 is 5.97 Å². The average molecular weight is 313 g/mol. The van der Waals surface area contributed by atoms with Crippen LogP contribution in [0.15, 0.2) is 16.6 Å². The van der Waals surface area contributed by atoms with E-state index in [1.54, 1.807) is 0 Å². The van der Waals surface area contributed by atoms with Crippen LogP contribution in [0.25, 0.3) is 0 Å². The molecule has 0 spiro atoms. The molecule has 18 heavy (non-hydrogen) atoms. The highest BCUT2D eigenvalue weighted by Gasteiger charge is 2.36. The normalized spacial score (nSPS) is 22.2. The molecule has 0 radical (unpaired) electrons. The van der Waals surface area contributed by atoms with E-state index in [0.29, 0.717) is 0 Å². The number of rotatable bonds is 3. The molecule has 1 aromatic carbocycles. The summed E-state index contributed by atoms with van der Waals surface area (Å²) in [6.07, 6.45) is 1.64. The van der Waals surface area contributed by atoms with E-state index in [2.05, 4.69) is 15.9 Å². The number of hydrogen-bond acceptors (Lipinski definition) is 3. The molecule has 0 unspecified atom stereocenters. The number of aryl methyl sites for hydroxylation is 2. The maximum absolute atomic E-state index is 11.3. The SMILES string of the molecule is COC(=O)[C@H]1C[C@H](Oc2cc(C)c(Br)c(C)c2)C1. The lowest BCUT2D eigenvalue weighted by atomic mass is 9.82. The summed E-state index contributed by atoms with van der Waals surface area (Å²) in [6.45, 7) is 4.09. The van der Waals surface area contributed by atoms with Crippen LogP contribution < -0.4 is 4.74 Å². The van der Waals surface area contributed by atoms with Crippen LogP contribution in [0, 0.1) is 19.8 Å². The molecule has 3 nitrogen and oxygen atoms in total. The Morgan fingerprint density at radius 2 is 1.83 bits per heavy atom. The third-order valence-electron chi connectivity index (χ3n) is 3.34. The van der Waals surface area contributed by atoms with Gasteiger partial charge in [0.25, 0.3) is 0 Å².